The molecule has 0 aliphatic heterocycles. The average Bonchev–Trinajstić information content (AvgIpc) is 2.33. The Labute approximate surface area is 114 Å². The topological polar surface area (TPSA) is 24.5 Å². The summed E-state index contributed by atoms with van der Waals surface area (Å²) in [5, 5.41) is 3.61. The molecule has 0 heterocycles. The Kier molecular flexibility index (Phi) is 11.9. The van der Waals surface area contributed by atoms with Crippen molar-refractivity contribution in [2.75, 3.05) is 33.3 Å². The second kappa shape index (κ2) is 11.9. The van der Waals surface area contributed by atoms with Gasteiger partial charge in [-0.3, -0.25) is 0 Å². The van der Waals surface area contributed by atoms with Gasteiger partial charge in [0.1, 0.15) is 0 Å². The summed E-state index contributed by atoms with van der Waals surface area (Å²) in [6.07, 6.45) is 5.36. The number of likely N-dealkylation sites (N-methyl/N-ethyl adjacent to an activating group) is 1. The first-order chi connectivity index (χ1) is 8.60. The SMILES string of the molecule is CCCNC(CC)CCCN(C)CCOC(C)C. The third-order valence-electron chi connectivity index (χ3n) is 3.19. The van der Waals surface area contributed by atoms with Crippen LogP contribution in [0.3, 0.4) is 0 Å². The predicted molar refractivity (Wildman–Crippen MR) is 80.2 cm³/mol. The molecule has 1 unspecified atom stereocenters. The van der Waals surface area contributed by atoms with Crippen molar-refractivity contribution in [3.8, 4) is 0 Å². The van der Waals surface area contributed by atoms with E-state index in [-0.39, 0.29) is 0 Å². The number of nitrogens with zero attached hydrogens (tertiary/aromatic N) is 1. The lowest BCUT2D eigenvalue weighted by Crippen LogP contribution is -2.31. The van der Waals surface area contributed by atoms with Gasteiger partial charge in [-0.25, -0.2) is 0 Å². The zero-order chi connectivity index (χ0) is 13.8. The Morgan fingerprint density at radius 3 is 2.44 bits per heavy atom. The van der Waals surface area contributed by atoms with E-state index in [1.165, 1.54) is 32.2 Å². The first-order valence-corrected chi connectivity index (χ1v) is 7.63. The largest absolute Gasteiger partial charge is 0.377 e. The van der Waals surface area contributed by atoms with Gasteiger partial charge in [-0.15, -0.1) is 0 Å². The molecule has 0 rings (SSSR count). The maximum absolute atomic E-state index is 5.56. The monoisotopic (exact) mass is 258 g/mol. The molecule has 0 aromatic carbocycles. The van der Waals surface area contributed by atoms with E-state index in [9.17, 15) is 0 Å². The van der Waals surface area contributed by atoms with Crippen molar-refractivity contribution in [2.24, 2.45) is 0 Å². The smallest absolute Gasteiger partial charge is 0.0596 e. The van der Waals surface area contributed by atoms with Gasteiger partial charge in [0, 0.05) is 12.6 Å². The quantitative estimate of drug-likeness (QED) is 0.582. The Morgan fingerprint density at radius 1 is 1.17 bits per heavy atom. The molecular weight excluding hydrogens is 224 g/mol. The minimum absolute atomic E-state index is 0.348. The maximum atomic E-state index is 5.56. The summed E-state index contributed by atoms with van der Waals surface area (Å²) < 4.78 is 5.56. The van der Waals surface area contributed by atoms with E-state index in [1.807, 2.05) is 0 Å². The standard InChI is InChI=1S/C15H34N2O/c1-6-10-16-15(7-2)9-8-11-17(5)12-13-18-14(3)4/h14-16H,6-13H2,1-5H3. The maximum Gasteiger partial charge on any atom is 0.0596 e. The third kappa shape index (κ3) is 11.0. The number of rotatable bonds is 12. The summed E-state index contributed by atoms with van der Waals surface area (Å²) in [5.74, 6) is 0. The first-order valence-electron chi connectivity index (χ1n) is 7.63. The van der Waals surface area contributed by atoms with Crippen molar-refractivity contribution in [2.45, 2.75) is 65.5 Å². The van der Waals surface area contributed by atoms with E-state index >= 15 is 0 Å². The molecule has 0 saturated carbocycles. The van der Waals surface area contributed by atoms with Crippen LogP contribution in [0.1, 0.15) is 53.4 Å². The molecule has 0 aromatic heterocycles. The molecule has 18 heavy (non-hydrogen) atoms. The van der Waals surface area contributed by atoms with Crippen molar-refractivity contribution in [3.05, 3.63) is 0 Å². The second-order valence-electron chi connectivity index (χ2n) is 5.42. The van der Waals surface area contributed by atoms with Gasteiger partial charge in [-0.05, 0) is 59.7 Å². The molecule has 0 aromatic rings. The molecule has 0 radical (unpaired) electrons. The molecule has 0 fully saturated rings. The van der Waals surface area contributed by atoms with E-state index in [0.717, 1.165) is 19.7 Å². The lowest BCUT2D eigenvalue weighted by Gasteiger charge is -2.20. The van der Waals surface area contributed by atoms with Crippen molar-refractivity contribution in [1.82, 2.24) is 10.2 Å². The van der Waals surface area contributed by atoms with E-state index in [0.29, 0.717) is 12.1 Å². The van der Waals surface area contributed by atoms with Crippen LogP contribution in [0.4, 0.5) is 0 Å². The first kappa shape index (κ1) is 17.9. The molecule has 110 valence electrons. The minimum Gasteiger partial charge on any atom is -0.377 e. The molecule has 0 saturated heterocycles. The minimum atomic E-state index is 0.348. The van der Waals surface area contributed by atoms with Crippen molar-refractivity contribution in [3.63, 3.8) is 0 Å². The Balaban J connectivity index is 3.49. The normalized spacial score (nSPS) is 13.5. The molecule has 3 heteroatoms. The highest BCUT2D eigenvalue weighted by molar-refractivity contribution is 4.65. The fourth-order valence-electron chi connectivity index (χ4n) is 1.96. The zero-order valence-electron chi connectivity index (χ0n) is 13.2. The van der Waals surface area contributed by atoms with Gasteiger partial charge in [0.25, 0.3) is 0 Å². The molecule has 1 N–H and O–H groups in total. The molecule has 0 aliphatic carbocycles. The Bertz CT molecular complexity index is 174. The van der Waals surface area contributed by atoms with Gasteiger partial charge in [0.15, 0.2) is 0 Å². The third-order valence-corrected chi connectivity index (χ3v) is 3.19. The van der Waals surface area contributed by atoms with Crippen LogP contribution >= 0.6 is 0 Å². The molecule has 3 nitrogen and oxygen atoms in total. The summed E-state index contributed by atoms with van der Waals surface area (Å²) in [6, 6.07) is 0.699. The van der Waals surface area contributed by atoms with Crippen LogP contribution in [0.5, 0.6) is 0 Å². The van der Waals surface area contributed by atoms with Crippen molar-refractivity contribution < 1.29 is 4.74 Å². The van der Waals surface area contributed by atoms with Gasteiger partial charge in [-0.2, -0.15) is 0 Å². The van der Waals surface area contributed by atoms with E-state index < -0.39 is 0 Å². The summed E-state index contributed by atoms with van der Waals surface area (Å²) in [6.45, 7) is 12.9. The number of hydrogen-bond donors (Lipinski definition) is 1. The van der Waals surface area contributed by atoms with Gasteiger partial charge >= 0.3 is 0 Å². The van der Waals surface area contributed by atoms with Crippen molar-refractivity contribution >= 4 is 0 Å². The molecule has 0 bridgehead atoms. The summed E-state index contributed by atoms with van der Waals surface area (Å²) in [7, 11) is 2.18. The molecule has 0 aliphatic rings. The highest BCUT2D eigenvalue weighted by Gasteiger charge is 2.05. The molecular formula is C15H34N2O. The molecule has 1 atom stereocenters. The summed E-state index contributed by atoms with van der Waals surface area (Å²) >= 11 is 0. The van der Waals surface area contributed by atoms with Gasteiger partial charge in [0.05, 0.1) is 12.7 Å². The van der Waals surface area contributed by atoms with Gasteiger partial charge < -0.3 is 15.0 Å². The highest BCUT2D eigenvalue weighted by Crippen LogP contribution is 2.03. The average molecular weight is 258 g/mol. The molecule has 0 amide bonds. The Hall–Kier alpha value is -0.120. The molecule has 0 spiro atoms. The fraction of sp³-hybridized carbons (Fsp3) is 1.00. The van der Waals surface area contributed by atoms with E-state index in [4.69, 9.17) is 4.74 Å². The summed E-state index contributed by atoms with van der Waals surface area (Å²) in [5.41, 5.74) is 0. The lowest BCUT2D eigenvalue weighted by atomic mass is 10.1. The van der Waals surface area contributed by atoms with Crippen molar-refractivity contribution in [1.29, 1.82) is 0 Å². The predicted octanol–water partition coefficient (Wildman–Crippen LogP) is 2.90. The second-order valence-corrected chi connectivity index (χ2v) is 5.42. The van der Waals surface area contributed by atoms with Crippen LogP contribution in [0.15, 0.2) is 0 Å². The lowest BCUT2D eigenvalue weighted by molar-refractivity contribution is 0.0635. The van der Waals surface area contributed by atoms with Crippen LogP contribution in [0, 0.1) is 0 Å². The van der Waals surface area contributed by atoms with Crippen LogP contribution in [0.25, 0.3) is 0 Å². The van der Waals surface area contributed by atoms with Crippen LogP contribution in [-0.2, 0) is 4.74 Å². The number of ether oxygens (including phenoxy) is 1. The zero-order valence-corrected chi connectivity index (χ0v) is 13.2. The van der Waals surface area contributed by atoms with Crippen LogP contribution in [-0.4, -0.2) is 50.3 Å². The number of nitrogens with one attached hydrogen (secondary N) is 1. The van der Waals surface area contributed by atoms with Crippen LogP contribution < -0.4 is 5.32 Å². The summed E-state index contributed by atoms with van der Waals surface area (Å²) in [4.78, 5) is 2.37. The Morgan fingerprint density at radius 2 is 1.89 bits per heavy atom. The van der Waals surface area contributed by atoms with Gasteiger partial charge in [-0.1, -0.05) is 13.8 Å². The van der Waals surface area contributed by atoms with Crippen LogP contribution in [0.2, 0.25) is 0 Å². The number of hydrogen-bond acceptors (Lipinski definition) is 3. The van der Waals surface area contributed by atoms with Gasteiger partial charge in [0.2, 0.25) is 0 Å². The highest BCUT2D eigenvalue weighted by atomic mass is 16.5. The van der Waals surface area contributed by atoms with E-state index in [1.54, 1.807) is 0 Å². The van der Waals surface area contributed by atoms with E-state index in [2.05, 4.69) is 45.0 Å². The fourth-order valence-corrected chi connectivity index (χ4v) is 1.96.